The van der Waals surface area contributed by atoms with Gasteiger partial charge in [0.05, 0.1) is 12.6 Å². The van der Waals surface area contributed by atoms with E-state index in [1.807, 2.05) is 6.07 Å². The Labute approximate surface area is 97.9 Å². The van der Waals surface area contributed by atoms with E-state index in [1.54, 1.807) is 0 Å². The van der Waals surface area contributed by atoms with Crippen molar-refractivity contribution in [3.8, 4) is 0 Å². The Balaban J connectivity index is 1.94. The molecule has 0 amide bonds. The molecule has 1 aliphatic rings. The van der Waals surface area contributed by atoms with Crippen LogP contribution in [-0.2, 0) is 6.54 Å². The topological polar surface area (TPSA) is 24.7 Å². The van der Waals surface area contributed by atoms with Crippen LogP contribution in [0.5, 0.6) is 0 Å². The maximum absolute atomic E-state index is 9.96. The van der Waals surface area contributed by atoms with Crippen molar-refractivity contribution in [3.05, 3.63) is 42.9 Å². The average Bonchev–Trinajstić information content (AvgIpc) is 2.31. The first-order chi connectivity index (χ1) is 7.77. The van der Waals surface area contributed by atoms with Crippen LogP contribution in [0, 0.1) is 7.05 Å². The van der Waals surface area contributed by atoms with E-state index in [1.165, 1.54) is 16.9 Å². The van der Waals surface area contributed by atoms with Crippen molar-refractivity contribution >= 4 is 0 Å². The summed E-state index contributed by atoms with van der Waals surface area (Å²) in [4.78, 5) is 1.19. The van der Waals surface area contributed by atoms with Crippen LogP contribution in [0.15, 0.2) is 30.3 Å². The summed E-state index contributed by atoms with van der Waals surface area (Å²) in [6, 6.07) is 10.7. The first kappa shape index (κ1) is 11.6. The number of rotatable bonds is 3. The lowest BCUT2D eigenvalue weighted by Gasteiger charge is -2.37. The van der Waals surface area contributed by atoms with E-state index in [0.717, 1.165) is 25.8 Å². The fourth-order valence-corrected chi connectivity index (χ4v) is 2.58. The normalized spacial score (nSPS) is 27.6. The molecule has 88 valence electrons. The second-order valence-corrected chi connectivity index (χ2v) is 4.78. The fourth-order valence-electron chi connectivity index (χ4n) is 2.58. The van der Waals surface area contributed by atoms with Crippen LogP contribution < -0.4 is 4.90 Å². The van der Waals surface area contributed by atoms with Crippen molar-refractivity contribution in [2.75, 3.05) is 0 Å². The third-order valence-electron chi connectivity index (χ3n) is 3.53. The average molecular weight is 219 g/mol. The van der Waals surface area contributed by atoms with E-state index < -0.39 is 0 Å². The van der Waals surface area contributed by atoms with Crippen LogP contribution in [0.3, 0.4) is 0 Å². The molecule has 0 aromatic heterocycles. The molecule has 2 nitrogen and oxygen atoms in total. The SMILES string of the molecule is [CH2-][NH+](Cc1ccccc1)[C@@H]1CCCC[C@H]1O. The van der Waals surface area contributed by atoms with Gasteiger partial charge in [0.25, 0.3) is 0 Å². The summed E-state index contributed by atoms with van der Waals surface area (Å²) in [5.41, 5.74) is 1.30. The highest BCUT2D eigenvalue weighted by molar-refractivity contribution is 5.13. The first-order valence-corrected chi connectivity index (χ1v) is 6.17. The lowest BCUT2D eigenvalue weighted by atomic mass is 9.91. The van der Waals surface area contributed by atoms with Crippen LogP contribution in [0.25, 0.3) is 0 Å². The molecular weight excluding hydrogens is 198 g/mol. The van der Waals surface area contributed by atoms with Gasteiger partial charge in [-0.2, -0.15) is 7.05 Å². The van der Waals surface area contributed by atoms with E-state index in [0.29, 0.717) is 6.04 Å². The second-order valence-electron chi connectivity index (χ2n) is 4.78. The molecule has 1 aliphatic carbocycles. The lowest BCUT2D eigenvalue weighted by molar-refractivity contribution is -0.900. The Hall–Kier alpha value is -0.860. The Morgan fingerprint density at radius 1 is 1.19 bits per heavy atom. The smallest absolute Gasteiger partial charge is 0.103 e. The highest BCUT2D eigenvalue weighted by Gasteiger charge is 2.27. The van der Waals surface area contributed by atoms with Crippen molar-refractivity contribution in [1.82, 2.24) is 0 Å². The zero-order valence-corrected chi connectivity index (χ0v) is 9.73. The van der Waals surface area contributed by atoms with E-state index in [2.05, 4.69) is 31.3 Å². The molecule has 1 fully saturated rings. The van der Waals surface area contributed by atoms with Crippen LogP contribution in [0.4, 0.5) is 0 Å². The van der Waals surface area contributed by atoms with Gasteiger partial charge >= 0.3 is 0 Å². The van der Waals surface area contributed by atoms with Gasteiger partial charge in [-0.15, -0.1) is 0 Å². The third-order valence-corrected chi connectivity index (χ3v) is 3.53. The number of hydrogen-bond donors (Lipinski definition) is 2. The van der Waals surface area contributed by atoms with Gasteiger partial charge in [0.2, 0.25) is 0 Å². The number of hydrogen-bond acceptors (Lipinski definition) is 1. The zero-order valence-electron chi connectivity index (χ0n) is 9.73. The summed E-state index contributed by atoms with van der Waals surface area (Å²) >= 11 is 0. The minimum atomic E-state index is -0.162. The lowest BCUT2D eigenvalue weighted by Crippen LogP contribution is -3.11. The minimum absolute atomic E-state index is 0.162. The Kier molecular flexibility index (Phi) is 3.97. The van der Waals surface area contributed by atoms with Crippen LogP contribution in [-0.4, -0.2) is 17.3 Å². The van der Waals surface area contributed by atoms with Crippen LogP contribution in [0.2, 0.25) is 0 Å². The summed E-state index contributed by atoms with van der Waals surface area (Å²) in [7, 11) is 4.16. The van der Waals surface area contributed by atoms with Crippen molar-refractivity contribution in [3.63, 3.8) is 0 Å². The Morgan fingerprint density at radius 2 is 1.88 bits per heavy atom. The van der Waals surface area contributed by atoms with E-state index in [-0.39, 0.29) is 6.10 Å². The molecule has 0 radical (unpaired) electrons. The van der Waals surface area contributed by atoms with Crippen LogP contribution >= 0.6 is 0 Å². The highest BCUT2D eigenvalue weighted by atomic mass is 16.3. The molecule has 3 atom stereocenters. The van der Waals surface area contributed by atoms with Gasteiger partial charge in [-0.3, -0.25) is 0 Å². The standard InChI is InChI=1S/C14H21NO/c1-15(11-12-7-3-2-4-8-12)13-9-5-6-10-14(13)16/h2-4,7-8,13-16H,1,5-6,9-11H2/t13-,14-/m1/s1. The summed E-state index contributed by atoms with van der Waals surface area (Å²) in [5.74, 6) is 0. The monoisotopic (exact) mass is 219 g/mol. The van der Waals surface area contributed by atoms with Crippen molar-refractivity contribution in [1.29, 1.82) is 0 Å². The van der Waals surface area contributed by atoms with Crippen molar-refractivity contribution in [2.24, 2.45) is 0 Å². The zero-order chi connectivity index (χ0) is 11.4. The first-order valence-electron chi connectivity index (χ1n) is 6.17. The summed E-state index contributed by atoms with van der Waals surface area (Å²) in [6.07, 6.45) is 4.28. The Bertz CT molecular complexity index is 312. The molecule has 1 aromatic rings. The molecule has 0 heterocycles. The molecule has 0 aliphatic heterocycles. The number of aliphatic hydroxyl groups excluding tert-OH is 1. The van der Waals surface area contributed by atoms with Gasteiger partial charge in [0.15, 0.2) is 0 Å². The van der Waals surface area contributed by atoms with E-state index >= 15 is 0 Å². The van der Waals surface area contributed by atoms with E-state index in [9.17, 15) is 5.11 Å². The minimum Gasteiger partial charge on any atom is -0.459 e. The number of aliphatic hydroxyl groups is 1. The molecule has 0 saturated heterocycles. The maximum Gasteiger partial charge on any atom is 0.103 e. The third kappa shape index (κ3) is 2.83. The second kappa shape index (κ2) is 5.46. The molecule has 0 spiro atoms. The molecule has 2 heteroatoms. The molecule has 2 rings (SSSR count). The van der Waals surface area contributed by atoms with Gasteiger partial charge in [-0.05, 0) is 19.3 Å². The van der Waals surface area contributed by atoms with Gasteiger partial charge in [-0.1, -0.05) is 36.8 Å². The maximum atomic E-state index is 9.96. The number of benzene rings is 1. The van der Waals surface area contributed by atoms with Gasteiger partial charge in [0.1, 0.15) is 6.10 Å². The van der Waals surface area contributed by atoms with Gasteiger partial charge < -0.3 is 10.0 Å². The summed E-state index contributed by atoms with van der Waals surface area (Å²) in [6.45, 7) is 0.905. The van der Waals surface area contributed by atoms with Crippen LogP contribution in [0.1, 0.15) is 31.2 Å². The molecule has 1 saturated carbocycles. The molecule has 1 aromatic carbocycles. The molecule has 16 heavy (non-hydrogen) atoms. The highest BCUT2D eigenvalue weighted by Crippen LogP contribution is 2.16. The number of quaternary nitrogens is 1. The quantitative estimate of drug-likeness (QED) is 0.733. The van der Waals surface area contributed by atoms with Crippen molar-refractivity contribution in [2.45, 2.75) is 44.4 Å². The summed E-state index contributed by atoms with van der Waals surface area (Å²) < 4.78 is 0. The largest absolute Gasteiger partial charge is 0.459 e. The van der Waals surface area contributed by atoms with Crippen molar-refractivity contribution < 1.29 is 10.0 Å². The predicted octanol–water partition coefficient (Wildman–Crippen LogP) is 1.17. The molecule has 1 unspecified atom stereocenters. The summed E-state index contributed by atoms with van der Waals surface area (Å²) in [5, 5.41) is 9.96. The fraction of sp³-hybridized carbons (Fsp3) is 0.500. The predicted molar refractivity (Wildman–Crippen MR) is 64.7 cm³/mol. The molecular formula is C14H21NO. The van der Waals surface area contributed by atoms with Gasteiger partial charge in [-0.25, -0.2) is 0 Å². The van der Waals surface area contributed by atoms with E-state index in [4.69, 9.17) is 0 Å². The molecule has 2 N–H and O–H groups in total. The number of nitrogens with one attached hydrogen (secondary N) is 1. The Morgan fingerprint density at radius 3 is 2.56 bits per heavy atom. The molecule has 0 bridgehead atoms. The van der Waals surface area contributed by atoms with Gasteiger partial charge in [0, 0.05) is 5.56 Å².